The van der Waals surface area contributed by atoms with Gasteiger partial charge in [0.25, 0.3) is 0 Å². The zero-order valence-electron chi connectivity index (χ0n) is 9.19. The summed E-state index contributed by atoms with van der Waals surface area (Å²) in [5.41, 5.74) is 0. The quantitative estimate of drug-likeness (QED) is 0.916. The van der Waals surface area contributed by atoms with Gasteiger partial charge in [-0.15, -0.1) is 21.5 Å². The van der Waals surface area contributed by atoms with Gasteiger partial charge in [-0.2, -0.15) is 13.2 Å². The van der Waals surface area contributed by atoms with Crippen molar-refractivity contribution in [1.82, 2.24) is 15.5 Å². The van der Waals surface area contributed by atoms with Crippen LogP contribution in [0.3, 0.4) is 0 Å². The summed E-state index contributed by atoms with van der Waals surface area (Å²) in [5.74, 6) is 0. The van der Waals surface area contributed by atoms with Gasteiger partial charge in [0.15, 0.2) is 0 Å². The summed E-state index contributed by atoms with van der Waals surface area (Å²) >= 11 is 1.74. The molecule has 102 valence electrons. The van der Waals surface area contributed by atoms with E-state index in [1.807, 2.05) is 17.5 Å². The summed E-state index contributed by atoms with van der Waals surface area (Å²) in [4.78, 5) is 12.3. The number of aromatic nitrogens is 2. The fourth-order valence-electron chi connectivity index (χ4n) is 1.11. The summed E-state index contributed by atoms with van der Waals surface area (Å²) in [7, 11) is 0. The van der Waals surface area contributed by atoms with Crippen molar-refractivity contribution in [2.75, 3.05) is 5.32 Å². The molecule has 0 aliphatic carbocycles. The van der Waals surface area contributed by atoms with E-state index in [9.17, 15) is 18.0 Å². The predicted molar refractivity (Wildman–Crippen MR) is 65.1 cm³/mol. The van der Waals surface area contributed by atoms with Gasteiger partial charge in [-0.3, -0.25) is 5.32 Å². The minimum Gasteiger partial charge on any atom is -0.333 e. The van der Waals surface area contributed by atoms with E-state index in [-0.39, 0.29) is 16.5 Å². The Morgan fingerprint density at radius 2 is 2.16 bits per heavy atom. The number of hydrogen-bond acceptors (Lipinski definition) is 5. The second kappa shape index (κ2) is 5.53. The molecule has 2 heterocycles. The Hall–Kier alpha value is -1.68. The fourth-order valence-corrected chi connectivity index (χ4v) is 2.36. The number of thiophene rings is 1. The zero-order chi connectivity index (χ0) is 13.9. The highest BCUT2D eigenvalue weighted by molar-refractivity contribution is 7.15. The molecule has 2 aromatic rings. The number of hydrogen-bond donors (Lipinski definition) is 2. The maximum Gasteiger partial charge on any atom is 0.445 e. The van der Waals surface area contributed by atoms with Gasteiger partial charge in [0.2, 0.25) is 10.1 Å². The Kier molecular flexibility index (Phi) is 4.00. The predicted octanol–water partition coefficient (Wildman–Crippen LogP) is 2.94. The highest BCUT2D eigenvalue weighted by Gasteiger charge is 2.35. The molecule has 2 N–H and O–H groups in total. The molecular formula is C9H7F3N4OS2. The molecule has 0 bridgehead atoms. The van der Waals surface area contributed by atoms with Gasteiger partial charge in [-0.1, -0.05) is 17.4 Å². The number of halogens is 3. The van der Waals surface area contributed by atoms with Crippen LogP contribution in [-0.4, -0.2) is 16.2 Å². The minimum atomic E-state index is -4.55. The second-order valence-corrected chi connectivity index (χ2v) is 5.31. The summed E-state index contributed by atoms with van der Waals surface area (Å²) in [6, 6.07) is 3.04. The van der Waals surface area contributed by atoms with Crippen molar-refractivity contribution < 1.29 is 18.0 Å². The SMILES string of the molecule is O=C(NCc1cccs1)Nc1nnc(C(F)(F)F)s1. The standard InChI is InChI=1S/C9H7F3N4OS2/c10-9(11,12)6-15-16-8(19-6)14-7(17)13-4-5-2-1-3-18-5/h1-3H,4H2,(H2,13,14,16,17). The van der Waals surface area contributed by atoms with Crippen molar-refractivity contribution in [2.24, 2.45) is 0 Å². The molecule has 0 fully saturated rings. The first-order chi connectivity index (χ1) is 8.95. The number of anilines is 1. The van der Waals surface area contributed by atoms with Gasteiger partial charge in [0.1, 0.15) is 0 Å². The maximum absolute atomic E-state index is 12.3. The van der Waals surface area contributed by atoms with Crippen molar-refractivity contribution >= 4 is 33.8 Å². The Morgan fingerprint density at radius 3 is 2.74 bits per heavy atom. The van der Waals surface area contributed by atoms with E-state index in [2.05, 4.69) is 20.8 Å². The van der Waals surface area contributed by atoms with Gasteiger partial charge in [-0.25, -0.2) is 4.79 Å². The molecule has 10 heteroatoms. The van der Waals surface area contributed by atoms with Crippen molar-refractivity contribution in [3.8, 4) is 0 Å². The van der Waals surface area contributed by atoms with Gasteiger partial charge >= 0.3 is 12.2 Å². The van der Waals surface area contributed by atoms with E-state index in [0.29, 0.717) is 6.54 Å². The van der Waals surface area contributed by atoms with E-state index in [0.717, 1.165) is 4.88 Å². The molecule has 0 aliphatic rings. The van der Waals surface area contributed by atoms with Crippen LogP contribution in [0.1, 0.15) is 9.88 Å². The first-order valence-corrected chi connectivity index (χ1v) is 6.62. The summed E-state index contributed by atoms with van der Waals surface area (Å²) in [6.07, 6.45) is -4.55. The average Bonchev–Trinajstić information content (AvgIpc) is 2.95. The van der Waals surface area contributed by atoms with Crippen molar-refractivity contribution in [1.29, 1.82) is 0 Å². The number of carbonyl (C=O) groups is 1. The van der Waals surface area contributed by atoms with Crippen molar-refractivity contribution in [3.63, 3.8) is 0 Å². The molecule has 5 nitrogen and oxygen atoms in total. The lowest BCUT2D eigenvalue weighted by Crippen LogP contribution is -2.27. The monoisotopic (exact) mass is 308 g/mol. The van der Waals surface area contributed by atoms with E-state index in [1.54, 1.807) is 0 Å². The number of urea groups is 1. The second-order valence-electron chi connectivity index (χ2n) is 3.30. The Labute approximate surface area is 113 Å². The maximum atomic E-state index is 12.3. The molecule has 2 amide bonds. The molecule has 0 saturated carbocycles. The van der Waals surface area contributed by atoms with Crippen molar-refractivity contribution in [2.45, 2.75) is 12.7 Å². The van der Waals surface area contributed by atoms with Crippen LogP contribution in [0.2, 0.25) is 0 Å². The summed E-state index contributed by atoms with van der Waals surface area (Å²) in [5, 5.41) is 11.5. The third-order valence-electron chi connectivity index (χ3n) is 1.89. The lowest BCUT2D eigenvalue weighted by atomic mass is 10.5. The highest BCUT2D eigenvalue weighted by Crippen LogP contribution is 2.32. The smallest absolute Gasteiger partial charge is 0.333 e. The zero-order valence-corrected chi connectivity index (χ0v) is 10.8. The molecule has 0 saturated heterocycles. The van der Waals surface area contributed by atoms with Crippen LogP contribution in [0.15, 0.2) is 17.5 Å². The van der Waals surface area contributed by atoms with Gasteiger partial charge in [0, 0.05) is 4.88 Å². The molecule has 0 unspecified atom stereocenters. The molecule has 0 radical (unpaired) electrons. The van der Waals surface area contributed by atoms with Crippen LogP contribution in [-0.2, 0) is 12.7 Å². The van der Waals surface area contributed by atoms with E-state index in [4.69, 9.17) is 0 Å². The van der Waals surface area contributed by atoms with Crippen LogP contribution in [0.4, 0.5) is 23.1 Å². The average molecular weight is 308 g/mol. The van der Waals surface area contributed by atoms with Crippen LogP contribution in [0.5, 0.6) is 0 Å². The number of amides is 2. The Balaban J connectivity index is 1.87. The van der Waals surface area contributed by atoms with Gasteiger partial charge in [-0.05, 0) is 11.4 Å². The third-order valence-corrected chi connectivity index (χ3v) is 3.65. The molecule has 0 aliphatic heterocycles. The molecule has 2 aromatic heterocycles. The Morgan fingerprint density at radius 1 is 1.37 bits per heavy atom. The number of carbonyl (C=O) groups excluding carboxylic acids is 1. The first kappa shape index (κ1) is 13.7. The molecule has 0 aromatic carbocycles. The number of alkyl halides is 3. The lowest BCUT2D eigenvalue weighted by Gasteiger charge is -2.03. The third kappa shape index (κ3) is 3.89. The summed E-state index contributed by atoms with van der Waals surface area (Å²) < 4.78 is 36.8. The van der Waals surface area contributed by atoms with E-state index in [1.165, 1.54) is 11.3 Å². The number of nitrogens with one attached hydrogen (secondary N) is 2. The van der Waals surface area contributed by atoms with Crippen LogP contribution < -0.4 is 10.6 Å². The normalized spacial score (nSPS) is 11.3. The van der Waals surface area contributed by atoms with Crippen molar-refractivity contribution in [3.05, 3.63) is 27.4 Å². The van der Waals surface area contributed by atoms with Gasteiger partial charge < -0.3 is 5.32 Å². The molecule has 19 heavy (non-hydrogen) atoms. The topological polar surface area (TPSA) is 66.9 Å². The Bertz CT molecular complexity index is 552. The molecule has 0 atom stereocenters. The highest BCUT2D eigenvalue weighted by atomic mass is 32.1. The largest absolute Gasteiger partial charge is 0.445 e. The van der Waals surface area contributed by atoms with Crippen LogP contribution in [0.25, 0.3) is 0 Å². The van der Waals surface area contributed by atoms with Gasteiger partial charge in [0.05, 0.1) is 6.54 Å². The minimum absolute atomic E-state index is 0.198. The molecular weight excluding hydrogens is 301 g/mol. The summed E-state index contributed by atoms with van der Waals surface area (Å²) in [6.45, 7) is 0.300. The van der Waals surface area contributed by atoms with Crippen LogP contribution in [0, 0.1) is 0 Å². The van der Waals surface area contributed by atoms with E-state index < -0.39 is 17.2 Å². The molecule has 2 rings (SSSR count). The fraction of sp³-hybridized carbons (Fsp3) is 0.222. The lowest BCUT2D eigenvalue weighted by molar-refractivity contribution is -0.138. The number of nitrogens with zero attached hydrogens (tertiary/aromatic N) is 2. The molecule has 0 spiro atoms. The van der Waals surface area contributed by atoms with Crippen LogP contribution >= 0.6 is 22.7 Å². The first-order valence-electron chi connectivity index (χ1n) is 4.93. The number of rotatable bonds is 3. The van der Waals surface area contributed by atoms with E-state index >= 15 is 0 Å².